The molecule has 2 unspecified atom stereocenters. The predicted octanol–water partition coefficient (Wildman–Crippen LogP) is 7.27. The zero-order valence-electron chi connectivity index (χ0n) is 26.4. The Morgan fingerprint density at radius 2 is 1.91 bits per heavy atom. The highest BCUT2D eigenvalue weighted by atomic mass is 35.5. The molecule has 0 spiro atoms. The van der Waals surface area contributed by atoms with Gasteiger partial charge in [0.05, 0.1) is 6.54 Å². The predicted molar refractivity (Wildman–Crippen MR) is 177 cm³/mol. The van der Waals surface area contributed by atoms with Gasteiger partial charge in [0.2, 0.25) is 0 Å². The van der Waals surface area contributed by atoms with Gasteiger partial charge in [-0.1, -0.05) is 67.0 Å². The number of rotatable bonds is 12. The van der Waals surface area contributed by atoms with Crippen LogP contribution in [-0.2, 0) is 0 Å². The van der Waals surface area contributed by atoms with Crippen molar-refractivity contribution < 1.29 is 18.4 Å². The van der Waals surface area contributed by atoms with Crippen LogP contribution in [0, 0.1) is 18.8 Å². The fraction of sp³-hybridized carbons (Fsp3) is 0.459. The van der Waals surface area contributed by atoms with E-state index in [2.05, 4.69) is 43.5 Å². The molecule has 0 saturated carbocycles. The van der Waals surface area contributed by atoms with E-state index < -0.39 is 5.92 Å². The maximum atomic E-state index is 13.5. The van der Waals surface area contributed by atoms with Crippen LogP contribution in [0.4, 0.5) is 8.78 Å². The van der Waals surface area contributed by atoms with Gasteiger partial charge in [-0.2, -0.15) is 0 Å². The minimum absolute atomic E-state index is 0.102. The summed E-state index contributed by atoms with van der Waals surface area (Å²) >= 11 is 5.97. The number of carbonyl (C=O) groups is 2. The van der Waals surface area contributed by atoms with Crippen LogP contribution in [0.5, 0.6) is 0 Å². The van der Waals surface area contributed by atoms with Gasteiger partial charge in [0.15, 0.2) is 5.78 Å². The lowest BCUT2D eigenvalue weighted by molar-refractivity contribution is 0.0124. The summed E-state index contributed by atoms with van der Waals surface area (Å²) in [5.41, 5.74) is 4.68. The van der Waals surface area contributed by atoms with Crippen molar-refractivity contribution in [3.63, 3.8) is 0 Å². The number of amides is 1. The first-order valence-corrected chi connectivity index (χ1v) is 16.2. The van der Waals surface area contributed by atoms with E-state index in [9.17, 15) is 18.4 Å². The van der Waals surface area contributed by atoms with Crippen LogP contribution < -0.4 is 15.8 Å². The molecule has 1 amide bonds. The SMILES string of the molecule is CCC(C=C(C)CC(=O)c1ccc(Cl)cc1)CCC1=CC=c2c(C)c(C(=O)NCCN3CCC(F)(F)C3)ccc2=CCC1C. The Bertz CT molecular complexity index is 1530. The molecule has 4 rings (SSSR count). The van der Waals surface area contributed by atoms with Gasteiger partial charge in [-0.05, 0) is 97.7 Å². The molecule has 4 nitrogen and oxygen atoms in total. The van der Waals surface area contributed by atoms with E-state index in [0.717, 1.165) is 47.3 Å². The summed E-state index contributed by atoms with van der Waals surface area (Å²) in [6.45, 7) is 9.34. The molecule has 1 saturated heterocycles. The van der Waals surface area contributed by atoms with E-state index in [1.54, 1.807) is 29.2 Å². The standard InChI is InChI=1S/C37H45ClF2N2O2/c1-5-28(22-25(2)23-35(43)31-10-14-32(38)15-11-31)7-9-29-12-16-33-27(4)34(17-13-30(33)8-6-26(29)3)36(44)41-19-21-42-20-18-37(39,40)24-42/h8,10-17,22,26,28H,5-7,9,18-21,23-24H2,1-4H3,(H,41,44). The smallest absolute Gasteiger partial charge is 0.261 e. The fourth-order valence-corrected chi connectivity index (χ4v) is 6.29. The average molecular weight is 623 g/mol. The van der Waals surface area contributed by atoms with Crippen LogP contribution in [0.2, 0.25) is 5.02 Å². The summed E-state index contributed by atoms with van der Waals surface area (Å²) in [5.74, 6) is -1.92. The van der Waals surface area contributed by atoms with Crippen molar-refractivity contribution in [1.82, 2.24) is 10.2 Å². The lowest BCUT2D eigenvalue weighted by Gasteiger charge is -2.19. The molecule has 7 heteroatoms. The van der Waals surface area contributed by atoms with E-state index in [1.165, 1.54) is 5.57 Å². The van der Waals surface area contributed by atoms with Crippen LogP contribution in [0.3, 0.4) is 0 Å². The summed E-state index contributed by atoms with van der Waals surface area (Å²) in [6, 6.07) is 10.9. The zero-order chi connectivity index (χ0) is 31.9. The van der Waals surface area contributed by atoms with Crippen molar-refractivity contribution in [2.24, 2.45) is 11.8 Å². The summed E-state index contributed by atoms with van der Waals surface area (Å²) in [7, 11) is 0. The summed E-state index contributed by atoms with van der Waals surface area (Å²) in [5, 5.41) is 5.72. The molecule has 0 aromatic heterocycles. The number of nitrogens with one attached hydrogen (secondary N) is 1. The third-order valence-electron chi connectivity index (χ3n) is 9.00. The lowest BCUT2D eigenvalue weighted by Crippen LogP contribution is -2.37. The Labute approximate surface area is 265 Å². The van der Waals surface area contributed by atoms with Crippen LogP contribution in [-0.4, -0.2) is 48.7 Å². The van der Waals surface area contributed by atoms with Gasteiger partial charge >= 0.3 is 0 Å². The first-order chi connectivity index (χ1) is 21.0. The summed E-state index contributed by atoms with van der Waals surface area (Å²) in [4.78, 5) is 27.5. The number of carbonyl (C=O) groups excluding carboxylic acids is 2. The van der Waals surface area contributed by atoms with Crippen molar-refractivity contribution in [3.8, 4) is 0 Å². The molecule has 236 valence electrons. The van der Waals surface area contributed by atoms with Gasteiger partial charge < -0.3 is 5.32 Å². The molecule has 1 heterocycles. The third kappa shape index (κ3) is 9.21. The largest absolute Gasteiger partial charge is 0.351 e. The van der Waals surface area contributed by atoms with E-state index >= 15 is 0 Å². The molecule has 44 heavy (non-hydrogen) atoms. The molecule has 1 aliphatic carbocycles. The number of likely N-dealkylation sites (tertiary alicyclic amines) is 1. The number of ketones is 1. The Morgan fingerprint density at radius 3 is 2.59 bits per heavy atom. The number of Topliss-reactive ketones (excluding diaryl/α,β-unsaturated/α-hetero) is 1. The zero-order valence-corrected chi connectivity index (χ0v) is 27.2. The van der Waals surface area contributed by atoms with Gasteiger partial charge in [-0.3, -0.25) is 14.5 Å². The summed E-state index contributed by atoms with van der Waals surface area (Å²) in [6.07, 6.45) is 13.1. The van der Waals surface area contributed by atoms with E-state index in [0.29, 0.717) is 54.0 Å². The van der Waals surface area contributed by atoms with Crippen molar-refractivity contribution >= 4 is 35.4 Å². The highest BCUT2D eigenvalue weighted by Crippen LogP contribution is 2.27. The third-order valence-corrected chi connectivity index (χ3v) is 9.25. The molecule has 1 aliphatic heterocycles. The summed E-state index contributed by atoms with van der Waals surface area (Å²) < 4.78 is 27.0. The second-order valence-corrected chi connectivity index (χ2v) is 12.9. The molecule has 0 bridgehead atoms. The number of hydrogen-bond donors (Lipinski definition) is 1. The molecule has 2 aromatic carbocycles. The quantitative estimate of drug-likeness (QED) is 0.200. The molecule has 0 radical (unpaired) electrons. The van der Waals surface area contributed by atoms with E-state index in [-0.39, 0.29) is 24.7 Å². The van der Waals surface area contributed by atoms with Crippen molar-refractivity contribution in [2.45, 2.75) is 72.1 Å². The average Bonchev–Trinajstić information content (AvgIpc) is 3.33. The van der Waals surface area contributed by atoms with Crippen LogP contribution in [0.15, 0.2) is 59.7 Å². The van der Waals surface area contributed by atoms with Gasteiger partial charge in [0, 0.05) is 48.6 Å². The van der Waals surface area contributed by atoms with Crippen LogP contribution >= 0.6 is 11.6 Å². The molecule has 2 aliphatic rings. The van der Waals surface area contributed by atoms with Crippen LogP contribution in [0.1, 0.15) is 85.6 Å². The van der Waals surface area contributed by atoms with Crippen molar-refractivity contribution in [2.75, 3.05) is 26.2 Å². The van der Waals surface area contributed by atoms with Crippen molar-refractivity contribution in [1.29, 1.82) is 0 Å². The first-order valence-electron chi connectivity index (χ1n) is 15.8. The van der Waals surface area contributed by atoms with Gasteiger partial charge in [-0.25, -0.2) is 8.78 Å². The highest BCUT2D eigenvalue weighted by molar-refractivity contribution is 6.30. The topological polar surface area (TPSA) is 49.4 Å². The van der Waals surface area contributed by atoms with E-state index in [1.807, 2.05) is 26.0 Å². The second-order valence-electron chi connectivity index (χ2n) is 12.5. The highest BCUT2D eigenvalue weighted by Gasteiger charge is 2.37. The van der Waals surface area contributed by atoms with Crippen LogP contribution in [0.25, 0.3) is 12.2 Å². The monoisotopic (exact) mass is 622 g/mol. The second kappa shape index (κ2) is 15.3. The molecule has 1 fully saturated rings. The molecular formula is C37H45ClF2N2O2. The normalized spacial score (nSPS) is 19.1. The minimum Gasteiger partial charge on any atom is -0.351 e. The lowest BCUT2D eigenvalue weighted by atomic mass is 9.87. The number of hydrogen-bond acceptors (Lipinski definition) is 3. The van der Waals surface area contributed by atoms with Gasteiger partial charge in [0.1, 0.15) is 0 Å². The Kier molecular flexibility index (Phi) is 11.7. The molecular weight excluding hydrogens is 578 g/mol. The first kappa shape index (κ1) is 33.8. The number of benzene rings is 2. The van der Waals surface area contributed by atoms with Crippen molar-refractivity contribution in [3.05, 3.63) is 91.8 Å². The Morgan fingerprint density at radius 1 is 1.16 bits per heavy atom. The number of nitrogens with zero attached hydrogens (tertiary/aromatic N) is 1. The molecule has 2 atom stereocenters. The minimum atomic E-state index is -2.63. The Balaban J connectivity index is 1.41. The molecule has 1 N–H and O–H groups in total. The fourth-order valence-electron chi connectivity index (χ4n) is 6.16. The number of allylic oxidation sites excluding steroid dienone is 4. The molecule has 2 aromatic rings. The van der Waals surface area contributed by atoms with Gasteiger partial charge in [0.25, 0.3) is 11.8 Å². The van der Waals surface area contributed by atoms with E-state index in [4.69, 9.17) is 11.6 Å². The maximum absolute atomic E-state index is 13.5. The maximum Gasteiger partial charge on any atom is 0.261 e. The Hall–Kier alpha value is -3.09. The number of alkyl halides is 2. The number of halogens is 3. The number of fused-ring (bicyclic) bond motifs is 1. The van der Waals surface area contributed by atoms with Gasteiger partial charge in [-0.15, -0.1) is 0 Å².